The van der Waals surface area contributed by atoms with Crippen LogP contribution in [-0.4, -0.2) is 76.9 Å². The van der Waals surface area contributed by atoms with Crippen LogP contribution in [0.25, 0.3) is 0 Å². The van der Waals surface area contributed by atoms with Crippen molar-refractivity contribution in [3.05, 3.63) is 124 Å². The Hall–Kier alpha value is -4.50. The fourth-order valence-corrected chi connectivity index (χ4v) is 6.92. The predicted octanol–water partition coefficient (Wildman–Crippen LogP) is 6.52. The van der Waals surface area contributed by atoms with Crippen LogP contribution < -0.4 is 0 Å². The molecule has 5 rings (SSSR count). The molecule has 1 saturated carbocycles. The zero-order valence-electron chi connectivity index (χ0n) is 25.9. The van der Waals surface area contributed by atoms with Crippen LogP contribution in [0.2, 0.25) is 0 Å². The van der Waals surface area contributed by atoms with Gasteiger partial charge >= 0.3 is 6.09 Å². The normalized spacial score (nSPS) is 20.3. The first kappa shape index (κ1) is 31.9. The first-order valence-corrected chi connectivity index (χ1v) is 15.7. The van der Waals surface area contributed by atoms with Crippen LogP contribution >= 0.6 is 0 Å². The molecular weight excluding hydrogens is 568 g/mol. The van der Waals surface area contributed by atoms with Gasteiger partial charge in [0.2, 0.25) is 0 Å². The van der Waals surface area contributed by atoms with Crippen molar-refractivity contribution < 1.29 is 19.2 Å². The van der Waals surface area contributed by atoms with Crippen LogP contribution in [0.4, 0.5) is 10.5 Å². The van der Waals surface area contributed by atoms with E-state index in [4.69, 9.17) is 4.74 Å². The highest BCUT2D eigenvalue weighted by Gasteiger charge is 2.40. The van der Waals surface area contributed by atoms with Gasteiger partial charge in [0.1, 0.15) is 6.61 Å². The van der Waals surface area contributed by atoms with Gasteiger partial charge in [-0.3, -0.25) is 14.9 Å². The number of ether oxygens (including phenoxy) is 1. The molecule has 9 nitrogen and oxygen atoms in total. The van der Waals surface area contributed by atoms with Crippen molar-refractivity contribution in [3.63, 3.8) is 0 Å². The Morgan fingerprint density at radius 2 is 1.67 bits per heavy atom. The summed E-state index contributed by atoms with van der Waals surface area (Å²) in [5, 5.41) is 11.1. The Balaban J connectivity index is 1.19. The summed E-state index contributed by atoms with van der Waals surface area (Å²) in [6, 6.07) is 26.5. The molecule has 9 heteroatoms. The lowest BCUT2D eigenvalue weighted by Crippen LogP contribution is -2.48. The number of rotatable bonds is 11. The van der Waals surface area contributed by atoms with Crippen LogP contribution in [0.3, 0.4) is 0 Å². The maximum atomic E-state index is 13.3. The monoisotopic (exact) mass is 610 g/mol. The smallest absolute Gasteiger partial charge is 0.410 e. The summed E-state index contributed by atoms with van der Waals surface area (Å²) in [7, 11) is 1.93. The molecule has 1 heterocycles. The van der Waals surface area contributed by atoms with E-state index < -0.39 is 11.0 Å². The van der Waals surface area contributed by atoms with Gasteiger partial charge in [0, 0.05) is 63.0 Å². The fraction of sp³-hybridized carbons (Fsp3) is 0.389. The Kier molecular flexibility index (Phi) is 10.6. The van der Waals surface area contributed by atoms with Crippen molar-refractivity contribution in [1.82, 2.24) is 14.7 Å². The van der Waals surface area contributed by atoms with Crippen molar-refractivity contribution in [2.75, 3.05) is 33.2 Å². The van der Waals surface area contributed by atoms with Gasteiger partial charge in [0.05, 0.1) is 4.92 Å². The van der Waals surface area contributed by atoms with Crippen LogP contribution in [0.15, 0.2) is 97.6 Å². The van der Waals surface area contributed by atoms with E-state index in [1.807, 2.05) is 48.3 Å². The third-order valence-electron chi connectivity index (χ3n) is 9.32. The second-order valence-electron chi connectivity index (χ2n) is 12.1. The lowest BCUT2D eigenvalue weighted by Gasteiger charge is -2.39. The van der Waals surface area contributed by atoms with Crippen LogP contribution in [0.5, 0.6) is 0 Å². The minimum atomic E-state index is -0.459. The van der Waals surface area contributed by atoms with Gasteiger partial charge in [0.25, 0.3) is 11.6 Å². The number of amides is 2. The molecule has 2 amide bonds. The Bertz CT molecular complexity index is 1460. The molecule has 2 fully saturated rings. The molecular formula is C36H42N4O5. The van der Waals surface area contributed by atoms with Gasteiger partial charge in [-0.15, -0.1) is 6.58 Å². The zero-order chi connectivity index (χ0) is 31.8. The highest BCUT2D eigenvalue weighted by Crippen LogP contribution is 2.42. The quantitative estimate of drug-likeness (QED) is 0.139. The molecule has 0 aromatic heterocycles. The summed E-state index contributed by atoms with van der Waals surface area (Å²) in [5.74, 6) is 0.832. The van der Waals surface area contributed by atoms with E-state index in [1.54, 1.807) is 23.1 Å². The summed E-state index contributed by atoms with van der Waals surface area (Å²) >= 11 is 0. The van der Waals surface area contributed by atoms with E-state index >= 15 is 0 Å². The number of carbonyl (C=O) groups excluding carboxylic acids is 2. The minimum absolute atomic E-state index is 0.0210. The van der Waals surface area contributed by atoms with Crippen molar-refractivity contribution in [2.45, 2.75) is 50.3 Å². The molecule has 0 N–H and O–H groups in total. The maximum absolute atomic E-state index is 13.3. The number of nitrogens with zero attached hydrogens (tertiary/aromatic N) is 4. The third-order valence-corrected chi connectivity index (χ3v) is 9.32. The average molecular weight is 611 g/mol. The summed E-state index contributed by atoms with van der Waals surface area (Å²) in [4.78, 5) is 43.2. The number of piperidine rings is 1. The molecule has 0 radical (unpaired) electrons. The van der Waals surface area contributed by atoms with Gasteiger partial charge in [-0.1, -0.05) is 66.7 Å². The molecule has 1 unspecified atom stereocenters. The molecule has 236 valence electrons. The number of nitro groups is 1. The van der Waals surface area contributed by atoms with Crippen molar-refractivity contribution in [1.29, 1.82) is 0 Å². The molecule has 1 saturated heterocycles. The van der Waals surface area contributed by atoms with Crippen LogP contribution in [0.1, 0.15) is 53.1 Å². The van der Waals surface area contributed by atoms with E-state index in [9.17, 15) is 19.7 Å². The van der Waals surface area contributed by atoms with E-state index in [2.05, 4.69) is 35.7 Å². The van der Waals surface area contributed by atoms with Crippen molar-refractivity contribution in [3.8, 4) is 0 Å². The molecule has 45 heavy (non-hydrogen) atoms. The van der Waals surface area contributed by atoms with E-state index in [1.165, 1.54) is 17.7 Å². The molecule has 3 aromatic carbocycles. The van der Waals surface area contributed by atoms with Crippen molar-refractivity contribution >= 4 is 17.7 Å². The first-order chi connectivity index (χ1) is 21.8. The second kappa shape index (κ2) is 15.0. The van der Waals surface area contributed by atoms with E-state index in [0.717, 1.165) is 50.9 Å². The van der Waals surface area contributed by atoms with Crippen LogP contribution in [-0.2, 0) is 11.3 Å². The summed E-state index contributed by atoms with van der Waals surface area (Å²) in [6.07, 6.45) is 4.78. The number of benzene rings is 3. The number of carbonyl (C=O) groups is 2. The Labute approximate surface area is 265 Å². The number of non-ortho nitro benzene ring substituents is 1. The fourth-order valence-electron chi connectivity index (χ4n) is 6.92. The van der Waals surface area contributed by atoms with Gasteiger partial charge in [-0.05, 0) is 60.8 Å². The summed E-state index contributed by atoms with van der Waals surface area (Å²) < 4.78 is 5.58. The second-order valence-corrected chi connectivity index (χ2v) is 12.1. The molecule has 1 aliphatic heterocycles. The Morgan fingerprint density at radius 3 is 2.33 bits per heavy atom. The first-order valence-electron chi connectivity index (χ1n) is 15.7. The maximum Gasteiger partial charge on any atom is 0.410 e. The number of hydrogen-bond donors (Lipinski definition) is 0. The summed E-state index contributed by atoms with van der Waals surface area (Å²) in [5.41, 5.74) is 2.58. The molecule has 2 aliphatic rings. The predicted molar refractivity (Wildman–Crippen MR) is 174 cm³/mol. The van der Waals surface area contributed by atoms with E-state index in [-0.39, 0.29) is 30.3 Å². The zero-order valence-corrected chi connectivity index (χ0v) is 25.9. The highest BCUT2D eigenvalue weighted by atomic mass is 16.6. The molecule has 1 aliphatic carbocycles. The lowest BCUT2D eigenvalue weighted by molar-refractivity contribution is -0.384. The van der Waals surface area contributed by atoms with Crippen molar-refractivity contribution in [2.24, 2.45) is 5.92 Å². The topological polar surface area (TPSA) is 96.2 Å². The highest BCUT2D eigenvalue weighted by molar-refractivity contribution is 5.94. The molecule has 3 aromatic rings. The molecule has 0 spiro atoms. The Morgan fingerprint density at radius 1 is 0.978 bits per heavy atom. The van der Waals surface area contributed by atoms with Gasteiger partial charge < -0.3 is 19.4 Å². The molecule has 3 atom stereocenters. The third kappa shape index (κ3) is 7.97. The van der Waals surface area contributed by atoms with Crippen LogP contribution in [0, 0.1) is 16.0 Å². The van der Waals surface area contributed by atoms with Gasteiger partial charge in [0.15, 0.2) is 0 Å². The summed E-state index contributed by atoms with van der Waals surface area (Å²) in [6.45, 7) is 6.84. The lowest BCUT2D eigenvalue weighted by atomic mass is 9.88. The molecule has 0 bridgehead atoms. The number of hydrogen-bond acceptors (Lipinski definition) is 6. The average Bonchev–Trinajstić information content (AvgIpc) is 3.50. The van der Waals surface area contributed by atoms with Gasteiger partial charge in [-0.2, -0.15) is 0 Å². The SMILES string of the molecule is C=CCN(C(=O)OCc1cccc([N+](=O)[O-])c1)C1CCN(C[C@H]2CC(N(C)C(=O)c3ccccc3)C[C@@H]2c2ccccc2)CC1. The van der Waals surface area contributed by atoms with E-state index in [0.29, 0.717) is 23.9 Å². The number of likely N-dealkylation sites (tertiary alicyclic amines) is 1. The standard InChI is InChI=1S/C36H42N4O5/c1-3-19-39(36(42)45-26-27-11-10-16-32(22-27)40(43)44)31-17-20-38(21-18-31)25-30-23-33(24-34(30)28-12-6-4-7-13-28)37(2)35(41)29-14-8-5-9-15-29/h3-16,22,30-31,33-34H,1,17-21,23-26H2,2H3/t30-,33?,34-/m1/s1. The largest absolute Gasteiger partial charge is 0.445 e. The number of nitro benzene ring substituents is 1. The van der Waals surface area contributed by atoms with Gasteiger partial charge in [-0.25, -0.2) is 4.79 Å². The minimum Gasteiger partial charge on any atom is -0.445 e.